The Hall–Kier alpha value is -1.91. The van der Waals surface area contributed by atoms with E-state index in [1.54, 1.807) is 0 Å². The van der Waals surface area contributed by atoms with E-state index in [0.29, 0.717) is 0 Å². The van der Waals surface area contributed by atoms with Gasteiger partial charge in [0.05, 0.1) is 5.54 Å². The first-order valence-corrected chi connectivity index (χ1v) is 6.82. The second-order valence-corrected chi connectivity index (χ2v) is 5.42. The van der Waals surface area contributed by atoms with E-state index in [2.05, 4.69) is 29.4 Å². The van der Waals surface area contributed by atoms with Crippen LogP contribution in [0.15, 0.2) is 18.2 Å². The Morgan fingerprint density at radius 3 is 2.79 bits per heavy atom. The fourth-order valence-corrected chi connectivity index (χ4v) is 2.86. The summed E-state index contributed by atoms with van der Waals surface area (Å²) in [5, 5.41) is 12.4. The summed E-state index contributed by atoms with van der Waals surface area (Å²) in [7, 11) is 0. The standard InChI is InChI=1S/C14H19N5/c1-3-14(7-4-8-14)19-13(16-17-18-19)12-9-11(15)6-5-10(12)2/h5-6,9H,3-4,7-8,15H2,1-2H3. The average molecular weight is 257 g/mol. The van der Waals surface area contributed by atoms with Crippen molar-refractivity contribution in [2.24, 2.45) is 0 Å². The molecule has 19 heavy (non-hydrogen) atoms. The maximum absolute atomic E-state index is 5.89. The van der Waals surface area contributed by atoms with Crippen LogP contribution < -0.4 is 5.73 Å². The minimum absolute atomic E-state index is 0.107. The third-order valence-corrected chi connectivity index (χ3v) is 4.36. The minimum atomic E-state index is 0.107. The van der Waals surface area contributed by atoms with Gasteiger partial charge in [-0.15, -0.1) is 5.10 Å². The number of nitrogen functional groups attached to an aromatic ring is 1. The van der Waals surface area contributed by atoms with Crippen LogP contribution in [0.5, 0.6) is 0 Å². The van der Waals surface area contributed by atoms with Crippen LogP contribution in [0, 0.1) is 6.92 Å². The number of tetrazole rings is 1. The van der Waals surface area contributed by atoms with E-state index in [9.17, 15) is 0 Å². The van der Waals surface area contributed by atoms with Gasteiger partial charge in [-0.3, -0.25) is 0 Å². The number of benzene rings is 1. The third kappa shape index (κ3) is 1.80. The first-order chi connectivity index (χ1) is 9.16. The third-order valence-electron chi connectivity index (χ3n) is 4.36. The lowest BCUT2D eigenvalue weighted by Crippen LogP contribution is -2.41. The van der Waals surface area contributed by atoms with E-state index >= 15 is 0 Å². The van der Waals surface area contributed by atoms with Gasteiger partial charge < -0.3 is 5.73 Å². The Morgan fingerprint density at radius 2 is 2.16 bits per heavy atom. The summed E-state index contributed by atoms with van der Waals surface area (Å²) in [6, 6.07) is 5.88. The molecule has 100 valence electrons. The van der Waals surface area contributed by atoms with Gasteiger partial charge in [0.2, 0.25) is 0 Å². The van der Waals surface area contributed by atoms with Crippen LogP contribution in [0.2, 0.25) is 0 Å². The molecule has 1 fully saturated rings. The van der Waals surface area contributed by atoms with Crippen molar-refractivity contribution in [3.05, 3.63) is 23.8 Å². The summed E-state index contributed by atoms with van der Waals surface area (Å²) in [6.07, 6.45) is 4.63. The van der Waals surface area contributed by atoms with E-state index in [0.717, 1.165) is 41.9 Å². The van der Waals surface area contributed by atoms with E-state index in [4.69, 9.17) is 5.73 Å². The smallest absolute Gasteiger partial charge is 0.182 e. The summed E-state index contributed by atoms with van der Waals surface area (Å²) in [5.74, 6) is 0.839. The van der Waals surface area contributed by atoms with Crippen LogP contribution in [0.3, 0.4) is 0 Å². The normalized spacial score (nSPS) is 17.2. The number of nitrogens with two attached hydrogens (primary N) is 1. The molecule has 0 bridgehead atoms. The number of aromatic nitrogens is 4. The predicted molar refractivity (Wildman–Crippen MR) is 74.5 cm³/mol. The maximum atomic E-state index is 5.89. The quantitative estimate of drug-likeness (QED) is 0.858. The number of hydrogen-bond acceptors (Lipinski definition) is 4. The van der Waals surface area contributed by atoms with E-state index in [-0.39, 0.29) is 5.54 Å². The summed E-state index contributed by atoms with van der Waals surface area (Å²) in [6.45, 7) is 4.27. The molecule has 0 radical (unpaired) electrons. The zero-order valence-corrected chi connectivity index (χ0v) is 11.4. The Balaban J connectivity index is 2.12. The molecule has 1 aliphatic carbocycles. The second-order valence-electron chi connectivity index (χ2n) is 5.42. The van der Waals surface area contributed by atoms with Crippen LogP contribution in [-0.4, -0.2) is 20.2 Å². The number of anilines is 1. The molecule has 1 saturated carbocycles. The lowest BCUT2D eigenvalue weighted by Gasteiger charge is -2.41. The van der Waals surface area contributed by atoms with Crippen molar-refractivity contribution in [3.63, 3.8) is 0 Å². The first-order valence-electron chi connectivity index (χ1n) is 6.82. The number of hydrogen-bond donors (Lipinski definition) is 1. The van der Waals surface area contributed by atoms with Crippen LogP contribution in [0.25, 0.3) is 11.4 Å². The second kappa shape index (κ2) is 4.33. The highest BCUT2D eigenvalue weighted by Crippen LogP contribution is 2.43. The van der Waals surface area contributed by atoms with E-state index in [1.807, 2.05) is 22.9 Å². The molecular formula is C14H19N5. The fourth-order valence-electron chi connectivity index (χ4n) is 2.86. The minimum Gasteiger partial charge on any atom is -0.399 e. The highest BCUT2D eigenvalue weighted by Gasteiger charge is 2.40. The largest absolute Gasteiger partial charge is 0.399 e. The molecule has 0 unspecified atom stereocenters. The van der Waals surface area contributed by atoms with Gasteiger partial charge in [-0.25, -0.2) is 4.68 Å². The molecule has 0 amide bonds. The number of aryl methyl sites for hydroxylation is 1. The van der Waals surface area contributed by atoms with Crippen molar-refractivity contribution >= 4 is 5.69 Å². The van der Waals surface area contributed by atoms with Crippen LogP contribution in [0.1, 0.15) is 38.2 Å². The number of nitrogens with zero attached hydrogens (tertiary/aromatic N) is 4. The molecule has 5 nitrogen and oxygen atoms in total. The molecule has 0 saturated heterocycles. The lowest BCUT2D eigenvalue weighted by atomic mass is 9.75. The van der Waals surface area contributed by atoms with Crippen molar-refractivity contribution in [2.45, 2.75) is 45.1 Å². The van der Waals surface area contributed by atoms with Crippen molar-refractivity contribution < 1.29 is 0 Å². The Labute approximate surface area is 112 Å². The molecule has 0 spiro atoms. The molecule has 5 heteroatoms. The molecular weight excluding hydrogens is 238 g/mol. The summed E-state index contributed by atoms with van der Waals surface area (Å²) >= 11 is 0. The molecule has 2 N–H and O–H groups in total. The molecule has 1 aromatic heterocycles. The average Bonchev–Trinajstić information content (AvgIpc) is 2.81. The maximum Gasteiger partial charge on any atom is 0.182 e. The zero-order chi connectivity index (χ0) is 13.5. The van der Waals surface area contributed by atoms with Gasteiger partial charge in [-0.2, -0.15) is 0 Å². The fraction of sp³-hybridized carbons (Fsp3) is 0.500. The first kappa shape index (κ1) is 12.1. The highest BCUT2D eigenvalue weighted by atomic mass is 15.6. The molecule has 0 aliphatic heterocycles. The summed E-state index contributed by atoms with van der Waals surface area (Å²) in [5.41, 5.74) is 8.93. The van der Waals surface area contributed by atoms with Gasteiger partial charge in [0.25, 0.3) is 0 Å². The topological polar surface area (TPSA) is 69.6 Å². The SMILES string of the molecule is CCC1(n2nnnc2-c2cc(N)ccc2C)CCC1. The zero-order valence-electron chi connectivity index (χ0n) is 11.4. The van der Waals surface area contributed by atoms with Gasteiger partial charge >= 0.3 is 0 Å². The van der Waals surface area contributed by atoms with Gasteiger partial charge in [0.15, 0.2) is 5.82 Å². The lowest BCUT2D eigenvalue weighted by molar-refractivity contribution is 0.118. The van der Waals surface area contributed by atoms with Crippen LogP contribution >= 0.6 is 0 Å². The van der Waals surface area contributed by atoms with Gasteiger partial charge in [-0.1, -0.05) is 13.0 Å². The van der Waals surface area contributed by atoms with E-state index < -0.39 is 0 Å². The molecule has 0 atom stereocenters. The van der Waals surface area contributed by atoms with Crippen LogP contribution in [0.4, 0.5) is 5.69 Å². The van der Waals surface area contributed by atoms with Crippen molar-refractivity contribution in [1.29, 1.82) is 0 Å². The predicted octanol–water partition coefficient (Wildman–Crippen LogP) is 2.52. The molecule has 1 aromatic carbocycles. The molecule has 1 aliphatic rings. The number of rotatable bonds is 3. The molecule has 3 rings (SSSR count). The van der Waals surface area contributed by atoms with Crippen molar-refractivity contribution in [1.82, 2.24) is 20.2 Å². The monoisotopic (exact) mass is 257 g/mol. The highest BCUT2D eigenvalue weighted by molar-refractivity contribution is 5.65. The van der Waals surface area contributed by atoms with Gasteiger partial charge in [-0.05, 0) is 60.7 Å². The van der Waals surface area contributed by atoms with Crippen molar-refractivity contribution in [2.75, 3.05) is 5.73 Å². The Kier molecular flexibility index (Phi) is 2.77. The van der Waals surface area contributed by atoms with Crippen molar-refractivity contribution in [3.8, 4) is 11.4 Å². The molecule has 1 heterocycles. The summed E-state index contributed by atoms with van der Waals surface area (Å²) in [4.78, 5) is 0. The molecule has 2 aromatic rings. The Morgan fingerprint density at radius 1 is 1.37 bits per heavy atom. The van der Waals surface area contributed by atoms with Gasteiger partial charge in [0, 0.05) is 11.3 Å². The Bertz CT molecular complexity index is 592. The van der Waals surface area contributed by atoms with E-state index in [1.165, 1.54) is 6.42 Å². The summed E-state index contributed by atoms with van der Waals surface area (Å²) < 4.78 is 2.01. The van der Waals surface area contributed by atoms with Gasteiger partial charge in [0.1, 0.15) is 0 Å². The van der Waals surface area contributed by atoms with Crippen LogP contribution in [-0.2, 0) is 5.54 Å².